The van der Waals surface area contributed by atoms with Gasteiger partial charge in [0.2, 0.25) is 0 Å². The van der Waals surface area contributed by atoms with Gasteiger partial charge in [-0.05, 0) is 0 Å². The lowest BCUT2D eigenvalue weighted by Crippen LogP contribution is -2.35. The van der Waals surface area contributed by atoms with Crippen LogP contribution < -0.4 is 0 Å². The van der Waals surface area contributed by atoms with E-state index in [4.69, 9.17) is 21.0 Å². The highest BCUT2D eigenvalue weighted by Crippen LogP contribution is 2.22. The summed E-state index contributed by atoms with van der Waals surface area (Å²) < 4.78 is 0. The van der Waals surface area contributed by atoms with E-state index in [1.165, 1.54) is 9.80 Å². The molecule has 0 aromatic heterocycles. The van der Waals surface area contributed by atoms with Crippen LogP contribution in [0.25, 0.3) is 0 Å². The van der Waals surface area contributed by atoms with E-state index < -0.39 is 18.1 Å². The summed E-state index contributed by atoms with van der Waals surface area (Å²) in [6.07, 6.45) is 0.211. The molecule has 18 heavy (non-hydrogen) atoms. The van der Waals surface area contributed by atoms with Crippen LogP contribution in [0.3, 0.4) is 0 Å². The average molecular weight is 242 g/mol. The van der Waals surface area contributed by atoms with Gasteiger partial charge in [0.05, 0.1) is 37.1 Å². The molecule has 0 bridgehead atoms. The van der Waals surface area contributed by atoms with E-state index in [0.29, 0.717) is 0 Å². The third kappa shape index (κ3) is 2.32. The second-order valence-corrected chi connectivity index (χ2v) is 3.63. The van der Waals surface area contributed by atoms with Crippen molar-refractivity contribution in [3.05, 3.63) is 0 Å². The minimum atomic E-state index is -0.880. The first-order chi connectivity index (χ1) is 8.71. The fourth-order valence-corrected chi connectivity index (χ4v) is 1.83. The fraction of sp³-hybridized carbons (Fsp3) is 0.545. The highest BCUT2D eigenvalue weighted by molar-refractivity contribution is 5.79. The van der Waals surface area contributed by atoms with Gasteiger partial charge in [0.1, 0.15) is 0 Å². The molecule has 0 aliphatic carbocycles. The summed E-state index contributed by atoms with van der Waals surface area (Å²) in [4.78, 5) is 14.4. The molecule has 2 amide bonds. The SMILES string of the molecule is N#CCCN1C(=O)N(CCC#N)C(C#N)C1C#N. The van der Waals surface area contributed by atoms with E-state index in [1.807, 2.05) is 24.3 Å². The van der Waals surface area contributed by atoms with Crippen LogP contribution in [0, 0.1) is 45.3 Å². The van der Waals surface area contributed by atoms with Gasteiger partial charge in [0, 0.05) is 13.1 Å². The van der Waals surface area contributed by atoms with Gasteiger partial charge in [-0.3, -0.25) is 0 Å². The zero-order chi connectivity index (χ0) is 13.5. The molecule has 0 aromatic carbocycles. The maximum atomic E-state index is 12.0. The fourth-order valence-electron chi connectivity index (χ4n) is 1.83. The summed E-state index contributed by atoms with van der Waals surface area (Å²) in [7, 11) is 0. The van der Waals surface area contributed by atoms with Crippen molar-refractivity contribution in [2.45, 2.75) is 24.9 Å². The number of amides is 2. The van der Waals surface area contributed by atoms with E-state index in [9.17, 15) is 4.79 Å². The summed E-state index contributed by atoms with van der Waals surface area (Å²) in [6, 6.07) is 5.39. The molecule has 1 rings (SSSR count). The maximum Gasteiger partial charge on any atom is 0.322 e. The molecule has 0 spiro atoms. The van der Waals surface area contributed by atoms with E-state index in [2.05, 4.69) is 0 Å². The average Bonchev–Trinajstić information content (AvgIpc) is 2.65. The number of urea groups is 1. The van der Waals surface area contributed by atoms with Crippen LogP contribution >= 0.6 is 0 Å². The number of hydrogen-bond donors (Lipinski definition) is 0. The molecule has 1 saturated heterocycles. The summed E-state index contributed by atoms with van der Waals surface area (Å²) in [5.41, 5.74) is 0. The first-order valence-corrected chi connectivity index (χ1v) is 5.31. The molecule has 90 valence electrons. The van der Waals surface area contributed by atoms with Crippen molar-refractivity contribution in [1.82, 2.24) is 9.80 Å². The Morgan fingerprint density at radius 1 is 0.889 bits per heavy atom. The molecule has 0 saturated carbocycles. The highest BCUT2D eigenvalue weighted by atomic mass is 16.2. The Labute approximate surface area is 105 Å². The van der Waals surface area contributed by atoms with Crippen LogP contribution in [-0.2, 0) is 0 Å². The lowest BCUT2D eigenvalue weighted by molar-refractivity contribution is 0.189. The molecule has 1 aliphatic rings. The van der Waals surface area contributed by atoms with Gasteiger partial charge >= 0.3 is 6.03 Å². The van der Waals surface area contributed by atoms with Gasteiger partial charge < -0.3 is 9.80 Å². The van der Waals surface area contributed by atoms with Crippen LogP contribution in [0.2, 0.25) is 0 Å². The Hall–Kier alpha value is -2.77. The van der Waals surface area contributed by atoms with Crippen LogP contribution in [0.1, 0.15) is 12.8 Å². The van der Waals surface area contributed by atoms with E-state index >= 15 is 0 Å². The quantitative estimate of drug-likeness (QED) is 0.703. The molecule has 2 atom stereocenters. The van der Waals surface area contributed by atoms with Crippen LogP contribution in [0.15, 0.2) is 0 Å². The molecular formula is C11H10N6O. The van der Waals surface area contributed by atoms with Gasteiger partial charge in [0.25, 0.3) is 0 Å². The lowest BCUT2D eigenvalue weighted by atomic mass is 10.1. The Balaban J connectivity index is 2.92. The van der Waals surface area contributed by atoms with Crippen LogP contribution in [0.4, 0.5) is 4.79 Å². The van der Waals surface area contributed by atoms with Crippen molar-refractivity contribution in [3.63, 3.8) is 0 Å². The topological polar surface area (TPSA) is 119 Å². The van der Waals surface area contributed by atoms with Gasteiger partial charge in [-0.15, -0.1) is 0 Å². The maximum absolute atomic E-state index is 12.0. The summed E-state index contributed by atoms with van der Waals surface area (Å²) in [6.45, 7) is 0.240. The molecule has 7 nitrogen and oxygen atoms in total. The van der Waals surface area contributed by atoms with E-state index in [-0.39, 0.29) is 25.9 Å². The van der Waals surface area contributed by atoms with Crippen molar-refractivity contribution >= 4 is 6.03 Å². The van der Waals surface area contributed by atoms with Crippen molar-refractivity contribution in [1.29, 1.82) is 21.0 Å². The molecule has 0 radical (unpaired) electrons. The first-order valence-electron chi connectivity index (χ1n) is 5.31. The van der Waals surface area contributed by atoms with Crippen molar-refractivity contribution < 1.29 is 4.79 Å². The number of carbonyl (C=O) groups is 1. The van der Waals surface area contributed by atoms with E-state index in [1.54, 1.807) is 0 Å². The number of hydrogen-bond acceptors (Lipinski definition) is 5. The van der Waals surface area contributed by atoms with Crippen molar-refractivity contribution in [2.75, 3.05) is 13.1 Å². The number of rotatable bonds is 4. The standard InChI is InChI=1S/C11H10N6O/c12-3-1-5-16-9(7-14)10(8-15)17(11(16)18)6-2-4-13/h9-10H,1-2,5-6H2. The minimum absolute atomic E-state index is 0.105. The molecule has 0 N–H and O–H groups in total. The van der Waals surface area contributed by atoms with Crippen LogP contribution in [-0.4, -0.2) is 41.0 Å². The predicted molar refractivity (Wildman–Crippen MR) is 58.1 cm³/mol. The predicted octanol–water partition coefficient (Wildman–Crippen LogP) is 0.336. The Morgan fingerprint density at radius 2 is 1.28 bits per heavy atom. The number of carbonyl (C=O) groups excluding carboxylic acids is 1. The third-order valence-corrected chi connectivity index (χ3v) is 2.66. The third-order valence-electron chi connectivity index (χ3n) is 2.66. The van der Waals surface area contributed by atoms with Crippen molar-refractivity contribution in [2.24, 2.45) is 0 Å². The largest absolute Gasteiger partial charge is 0.322 e. The zero-order valence-electron chi connectivity index (χ0n) is 9.57. The van der Waals surface area contributed by atoms with Gasteiger partial charge in [-0.25, -0.2) is 4.79 Å². The summed E-state index contributed by atoms with van der Waals surface area (Å²) >= 11 is 0. The second kappa shape index (κ2) is 6.09. The molecule has 0 aromatic rings. The smallest absolute Gasteiger partial charge is 0.304 e. The second-order valence-electron chi connectivity index (χ2n) is 3.63. The Morgan fingerprint density at radius 3 is 1.56 bits per heavy atom. The molecular weight excluding hydrogens is 232 g/mol. The highest BCUT2D eigenvalue weighted by Gasteiger charge is 2.45. The molecule has 1 fully saturated rings. The normalized spacial score (nSPS) is 21.9. The minimum Gasteiger partial charge on any atom is -0.304 e. The van der Waals surface area contributed by atoms with E-state index in [0.717, 1.165) is 0 Å². The van der Waals surface area contributed by atoms with Gasteiger partial charge in [-0.1, -0.05) is 0 Å². The monoisotopic (exact) mass is 242 g/mol. The first kappa shape index (κ1) is 13.3. The van der Waals surface area contributed by atoms with Crippen molar-refractivity contribution in [3.8, 4) is 24.3 Å². The molecule has 7 heteroatoms. The lowest BCUT2D eigenvalue weighted by Gasteiger charge is -2.17. The molecule has 1 aliphatic heterocycles. The zero-order valence-corrected chi connectivity index (χ0v) is 9.57. The Kier molecular flexibility index (Phi) is 4.50. The van der Waals surface area contributed by atoms with Gasteiger partial charge in [0.15, 0.2) is 12.1 Å². The number of nitriles is 4. The van der Waals surface area contributed by atoms with Gasteiger partial charge in [-0.2, -0.15) is 21.0 Å². The summed E-state index contributed by atoms with van der Waals surface area (Å²) in [5, 5.41) is 35.1. The van der Waals surface area contributed by atoms with Crippen LogP contribution in [0.5, 0.6) is 0 Å². The molecule has 2 unspecified atom stereocenters. The number of nitrogens with zero attached hydrogens (tertiary/aromatic N) is 6. The molecule has 1 heterocycles. The summed E-state index contributed by atoms with van der Waals surface area (Å²) in [5.74, 6) is 0. The Bertz CT molecular complexity index is 444.